The third-order valence-corrected chi connectivity index (χ3v) is 3.70. The largest absolute Gasteiger partial charge is 0.463 e. The van der Waals surface area contributed by atoms with E-state index in [9.17, 15) is 9.90 Å². The number of aliphatic hydroxyl groups excluding tert-OH is 1. The molecule has 0 amide bonds. The van der Waals surface area contributed by atoms with Gasteiger partial charge in [-0.05, 0) is 19.8 Å². The maximum Gasteiger partial charge on any atom is 0.376 e. The number of aryl methyl sites for hydroxylation is 1. The molecular formula is C14H23N3O3. The number of hydrogen-bond acceptors (Lipinski definition) is 6. The van der Waals surface area contributed by atoms with E-state index < -0.39 is 5.97 Å². The highest BCUT2D eigenvalue weighted by Crippen LogP contribution is 2.25. The van der Waals surface area contributed by atoms with Crippen molar-refractivity contribution in [2.45, 2.75) is 33.6 Å². The molecular weight excluding hydrogens is 258 g/mol. The molecule has 112 valence electrons. The molecule has 0 spiro atoms. The lowest BCUT2D eigenvalue weighted by molar-refractivity contribution is 0.0586. The molecule has 20 heavy (non-hydrogen) atoms. The van der Waals surface area contributed by atoms with Crippen LogP contribution in [-0.2, 0) is 4.74 Å². The van der Waals surface area contributed by atoms with E-state index in [1.807, 2.05) is 13.8 Å². The zero-order valence-electron chi connectivity index (χ0n) is 12.6. The van der Waals surface area contributed by atoms with E-state index in [1.54, 1.807) is 13.0 Å². The fourth-order valence-electron chi connectivity index (χ4n) is 1.90. The second-order valence-corrected chi connectivity index (χ2v) is 4.93. The fraction of sp³-hybridized carbons (Fsp3) is 0.643. The molecule has 0 aromatic carbocycles. The van der Waals surface area contributed by atoms with Crippen LogP contribution in [0.2, 0.25) is 0 Å². The normalized spacial score (nSPS) is 11.2. The van der Waals surface area contributed by atoms with Gasteiger partial charge in [0.2, 0.25) is 5.82 Å². The van der Waals surface area contributed by atoms with Crippen LogP contribution in [0.15, 0.2) is 6.07 Å². The van der Waals surface area contributed by atoms with Crippen LogP contribution in [0, 0.1) is 12.3 Å². The zero-order valence-corrected chi connectivity index (χ0v) is 12.6. The number of nitrogens with one attached hydrogen (secondary N) is 1. The average Bonchev–Trinajstić information content (AvgIpc) is 2.48. The molecule has 0 radical (unpaired) electrons. The van der Waals surface area contributed by atoms with Crippen LogP contribution in [0.25, 0.3) is 0 Å². The molecule has 2 N–H and O–H groups in total. The minimum atomic E-state index is -0.559. The summed E-state index contributed by atoms with van der Waals surface area (Å²) in [6.07, 6.45) is 1.72. The number of esters is 1. The Morgan fingerprint density at radius 1 is 1.40 bits per heavy atom. The lowest BCUT2D eigenvalue weighted by Gasteiger charge is -2.29. The van der Waals surface area contributed by atoms with E-state index in [0.717, 1.165) is 12.8 Å². The van der Waals surface area contributed by atoms with Crippen molar-refractivity contribution in [3.8, 4) is 0 Å². The summed E-state index contributed by atoms with van der Waals surface area (Å²) < 4.78 is 4.62. The predicted molar refractivity (Wildman–Crippen MR) is 76.7 cm³/mol. The topological polar surface area (TPSA) is 84.3 Å². The molecule has 0 saturated carbocycles. The second-order valence-electron chi connectivity index (χ2n) is 4.93. The Morgan fingerprint density at radius 2 is 2.05 bits per heavy atom. The number of aliphatic hydroxyl groups is 1. The van der Waals surface area contributed by atoms with E-state index in [4.69, 9.17) is 0 Å². The third-order valence-electron chi connectivity index (χ3n) is 3.70. The zero-order chi connectivity index (χ0) is 15.2. The molecule has 6 heteroatoms. The lowest BCUT2D eigenvalue weighted by Crippen LogP contribution is -2.32. The Kier molecular flexibility index (Phi) is 5.88. The number of anilines is 1. The third kappa shape index (κ3) is 3.90. The van der Waals surface area contributed by atoms with Gasteiger partial charge < -0.3 is 15.2 Å². The molecule has 1 aromatic heterocycles. The molecule has 0 bridgehead atoms. The number of carbonyl (C=O) groups is 1. The first-order valence-corrected chi connectivity index (χ1v) is 6.79. The van der Waals surface area contributed by atoms with E-state index in [0.29, 0.717) is 18.1 Å². The summed E-state index contributed by atoms with van der Waals surface area (Å²) in [5.74, 6) is 0.0476. The summed E-state index contributed by atoms with van der Waals surface area (Å²) in [5.41, 5.74) is 0.509. The molecule has 0 atom stereocenters. The first-order valence-electron chi connectivity index (χ1n) is 6.79. The number of ether oxygens (including phenoxy) is 1. The highest BCUT2D eigenvalue weighted by Gasteiger charge is 2.25. The molecule has 1 rings (SSSR count). The first kappa shape index (κ1) is 16.4. The van der Waals surface area contributed by atoms with Gasteiger partial charge in [0.15, 0.2) is 0 Å². The number of rotatable bonds is 7. The predicted octanol–water partition coefficient (Wildman–Crippen LogP) is 1.78. The van der Waals surface area contributed by atoms with Gasteiger partial charge in [-0.1, -0.05) is 13.8 Å². The summed E-state index contributed by atoms with van der Waals surface area (Å²) in [4.78, 5) is 19.6. The molecule has 0 fully saturated rings. The minimum absolute atomic E-state index is 0.0394. The van der Waals surface area contributed by atoms with Gasteiger partial charge in [0.05, 0.1) is 13.7 Å². The van der Waals surface area contributed by atoms with Crippen molar-refractivity contribution in [1.82, 2.24) is 9.97 Å². The smallest absolute Gasteiger partial charge is 0.376 e. The molecule has 0 aliphatic carbocycles. The Bertz CT molecular complexity index is 451. The van der Waals surface area contributed by atoms with Crippen LogP contribution in [0.4, 0.5) is 5.82 Å². The molecule has 0 aliphatic rings. The van der Waals surface area contributed by atoms with Gasteiger partial charge in [0, 0.05) is 23.7 Å². The van der Waals surface area contributed by atoms with Gasteiger partial charge in [0.1, 0.15) is 5.82 Å². The highest BCUT2D eigenvalue weighted by molar-refractivity contribution is 5.85. The highest BCUT2D eigenvalue weighted by atomic mass is 16.5. The minimum Gasteiger partial charge on any atom is -0.463 e. The lowest BCUT2D eigenvalue weighted by atomic mass is 9.83. The Labute approximate surface area is 119 Å². The van der Waals surface area contributed by atoms with Crippen LogP contribution in [0.5, 0.6) is 0 Å². The Morgan fingerprint density at radius 3 is 2.55 bits per heavy atom. The Balaban J connectivity index is 2.87. The summed E-state index contributed by atoms with van der Waals surface area (Å²) in [6, 6.07) is 1.76. The van der Waals surface area contributed by atoms with Crippen molar-refractivity contribution >= 4 is 11.8 Å². The number of aromatic nitrogens is 2. The number of nitrogens with zero attached hydrogens (tertiary/aromatic N) is 2. The Hall–Kier alpha value is -1.69. The van der Waals surface area contributed by atoms with Crippen molar-refractivity contribution in [2.75, 3.05) is 25.6 Å². The maximum absolute atomic E-state index is 11.5. The SMILES string of the molecule is CCC(CC)(CO)CNc1cc(C)nc(C(=O)OC)n1. The molecule has 6 nitrogen and oxygen atoms in total. The maximum atomic E-state index is 11.5. The molecule has 0 saturated heterocycles. The van der Waals surface area contributed by atoms with Crippen LogP contribution in [0.3, 0.4) is 0 Å². The van der Waals surface area contributed by atoms with Crippen molar-refractivity contribution in [3.05, 3.63) is 17.6 Å². The van der Waals surface area contributed by atoms with Crippen LogP contribution >= 0.6 is 0 Å². The van der Waals surface area contributed by atoms with Crippen molar-refractivity contribution < 1.29 is 14.6 Å². The van der Waals surface area contributed by atoms with Gasteiger partial charge in [-0.2, -0.15) is 0 Å². The van der Waals surface area contributed by atoms with Crippen molar-refractivity contribution in [2.24, 2.45) is 5.41 Å². The van der Waals surface area contributed by atoms with Crippen LogP contribution in [-0.4, -0.2) is 41.3 Å². The van der Waals surface area contributed by atoms with E-state index in [1.165, 1.54) is 7.11 Å². The van der Waals surface area contributed by atoms with Gasteiger partial charge in [-0.25, -0.2) is 14.8 Å². The number of carbonyl (C=O) groups excluding carboxylic acids is 1. The standard InChI is InChI=1S/C14H23N3O3/c1-5-14(6-2,9-18)8-15-11-7-10(3)16-12(17-11)13(19)20-4/h7,18H,5-6,8-9H2,1-4H3,(H,15,16,17). The summed E-state index contributed by atoms with van der Waals surface area (Å²) in [7, 11) is 1.30. The summed E-state index contributed by atoms with van der Waals surface area (Å²) in [6.45, 7) is 6.59. The van der Waals surface area contributed by atoms with Gasteiger partial charge in [0.25, 0.3) is 0 Å². The second kappa shape index (κ2) is 7.19. The average molecular weight is 281 g/mol. The van der Waals surface area contributed by atoms with E-state index in [2.05, 4.69) is 20.0 Å². The van der Waals surface area contributed by atoms with Crippen LogP contribution < -0.4 is 5.32 Å². The molecule has 1 aromatic rings. The summed E-state index contributed by atoms with van der Waals surface area (Å²) in [5, 5.41) is 12.7. The van der Waals surface area contributed by atoms with Crippen molar-refractivity contribution in [3.63, 3.8) is 0 Å². The first-order chi connectivity index (χ1) is 9.50. The van der Waals surface area contributed by atoms with Crippen molar-refractivity contribution in [1.29, 1.82) is 0 Å². The number of methoxy groups -OCH3 is 1. The quantitative estimate of drug-likeness (QED) is 0.741. The van der Waals surface area contributed by atoms with Gasteiger partial charge in [-0.3, -0.25) is 0 Å². The van der Waals surface area contributed by atoms with Gasteiger partial charge in [-0.15, -0.1) is 0 Å². The summed E-state index contributed by atoms with van der Waals surface area (Å²) >= 11 is 0. The molecule has 0 unspecified atom stereocenters. The molecule has 0 aliphatic heterocycles. The molecule has 1 heterocycles. The van der Waals surface area contributed by atoms with E-state index >= 15 is 0 Å². The fourth-order valence-corrected chi connectivity index (χ4v) is 1.90. The van der Waals surface area contributed by atoms with E-state index in [-0.39, 0.29) is 17.8 Å². The van der Waals surface area contributed by atoms with Crippen LogP contribution in [0.1, 0.15) is 43.0 Å². The monoisotopic (exact) mass is 281 g/mol. The number of hydrogen-bond donors (Lipinski definition) is 2. The van der Waals surface area contributed by atoms with Gasteiger partial charge >= 0.3 is 5.97 Å².